The number of fused-ring (bicyclic) bond motifs is 2. The summed E-state index contributed by atoms with van der Waals surface area (Å²) in [7, 11) is 6.23. The van der Waals surface area contributed by atoms with Gasteiger partial charge in [-0.25, -0.2) is 0 Å². The molecule has 0 heterocycles. The summed E-state index contributed by atoms with van der Waals surface area (Å²) in [6, 6.07) is 18.9. The molecule has 6 rings (SSSR count). The first kappa shape index (κ1) is 49.0. The summed E-state index contributed by atoms with van der Waals surface area (Å²) in [4.78, 5) is 49.7. The summed E-state index contributed by atoms with van der Waals surface area (Å²) in [6.07, 6.45) is 4.17. The molecule has 4 aromatic rings. The fourth-order valence-corrected chi connectivity index (χ4v) is 7.56. The van der Waals surface area contributed by atoms with E-state index in [9.17, 15) is 19.2 Å². The SMILES string of the molecule is CCCCOC(=O)C(C)(C)COc1c(-c2cccc3c2CCC3=O)ccc(OC)c1OC.COc1ccc(-c2cccc3c2CCC3=O)c(OCC(C)(C)C(=O)OCC(C)C)c1OC. The minimum atomic E-state index is -0.866. The maximum Gasteiger partial charge on any atom is 0.314 e. The van der Waals surface area contributed by atoms with Gasteiger partial charge in [0.1, 0.15) is 13.2 Å². The predicted octanol–water partition coefficient (Wildman–Crippen LogP) is 10.4. The number of unbranched alkanes of at least 4 members (excludes halogenated alkanes) is 1. The van der Waals surface area contributed by atoms with Crippen LogP contribution in [0.3, 0.4) is 0 Å². The highest BCUT2D eigenvalue weighted by Gasteiger charge is 2.34. The number of carbonyl (C=O) groups excluding carboxylic acids is 4. The lowest BCUT2D eigenvalue weighted by Crippen LogP contribution is -2.33. The van der Waals surface area contributed by atoms with Crippen LogP contribution in [0.2, 0.25) is 0 Å². The zero-order valence-corrected chi connectivity index (χ0v) is 39.3. The second kappa shape index (κ2) is 21.6. The smallest absolute Gasteiger partial charge is 0.314 e. The Bertz CT molecular complexity index is 2320. The molecule has 0 radical (unpaired) electrons. The Balaban J connectivity index is 0.000000241. The van der Waals surface area contributed by atoms with E-state index >= 15 is 0 Å². The summed E-state index contributed by atoms with van der Waals surface area (Å²) in [6.45, 7) is 14.2. The van der Waals surface area contributed by atoms with Crippen molar-refractivity contribution in [3.63, 3.8) is 0 Å². The molecule has 344 valence electrons. The largest absolute Gasteiger partial charge is 0.493 e. The van der Waals surface area contributed by atoms with Crippen LogP contribution >= 0.6 is 0 Å². The van der Waals surface area contributed by atoms with E-state index in [1.54, 1.807) is 56.1 Å². The van der Waals surface area contributed by atoms with Crippen LogP contribution in [0.4, 0.5) is 0 Å². The first-order chi connectivity index (χ1) is 30.5. The topological polar surface area (TPSA) is 142 Å². The molecule has 0 fully saturated rings. The number of hydrogen-bond donors (Lipinski definition) is 0. The van der Waals surface area contributed by atoms with Crippen molar-refractivity contribution in [1.82, 2.24) is 0 Å². The minimum Gasteiger partial charge on any atom is -0.493 e. The quantitative estimate of drug-likeness (QED) is 0.0653. The molecule has 0 spiro atoms. The van der Waals surface area contributed by atoms with Gasteiger partial charge in [0, 0.05) is 35.1 Å². The van der Waals surface area contributed by atoms with E-state index in [4.69, 9.17) is 37.9 Å². The zero-order chi connectivity index (χ0) is 46.8. The minimum absolute atomic E-state index is 0.0917. The van der Waals surface area contributed by atoms with Crippen LogP contribution < -0.4 is 28.4 Å². The van der Waals surface area contributed by atoms with E-state index in [-0.39, 0.29) is 42.6 Å². The molecule has 0 unspecified atom stereocenters. The van der Waals surface area contributed by atoms with Crippen molar-refractivity contribution in [3.05, 3.63) is 82.9 Å². The van der Waals surface area contributed by atoms with Crippen LogP contribution in [0.5, 0.6) is 34.5 Å². The number of hydrogen-bond acceptors (Lipinski definition) is 12. The molecule has 2 aliphatic rings. The lowest BCUT2D eigenvalue weighted by molar-refractivity contribution is -0.157. The highest BCUT2D eigenvalue weighted by Crippen LogP contribution is 2.49. The molecule has 0 bridgehead atoms. The van der Waals surface area contributed by atoms with Crippen molar-refractivity contribution in [1.29, 1.82) is 0 Å². The highest BCUT2D eigenvalue weighted by atomic mass is 16.6. The van der Waals surface area contributed by atoms with E-state index < -0.39 is 10.8 Å². The Morgan fingerprint density at radius 3 is 1.36 bits per heavy atom. The Morgan fingerprint density at radius 1 is 0.547 bits per heavy atom. The predicted molar refractivity (Wildman–Crippen MR) is 245 cm³/mol. The van der Waals surface area contributed by atoms with Crippen LogP contribution in [0.25, 0.3) is 22.3 Å². The average molecular weight is 881 g/mol. The van der Waals surface area contributed by atoms with Gasteiger partial charge in [0.05, 0.1) is 52.5 Å². The highest BCUT2D eigenvalue weighted by molar-refractivity contribution is 6.03. The van der Waals surface area contributed by atoms with Gasteiger partial charge in [-0.2, -0.15) is 0 Å². The van der Waals surface area contributed by atoms with Gasteiger partial charge in [-0.05, 0) is 99.4 Å². The number of rotatable bonds is 19. The Kier molecular flexibility index (Phi) is 16.5. The van der Waals surface area contributed by atoms with Crippen LogP contribution in [-0.2, 0) is 31.9 Å². The average Bonchev–Trinajstić information content (AvgIpc) is 3.87. The third-order valence-electron chi connectivity index (χ3n) is 11.3. The summed E-state index contributed by atoms with van der Waals surface area (Å²) in [5, 5.41) is 0. The maximum absolute atomic E-state index is 12.6. The van der Waals surface area contributed by atoms with Crippen molar-refractivity contribution < 1.29 is 57.1 Å². The zero-order valence-electron chi connectivity index (χ0n) is 39.3. The number of ketones is 2. The van der Waals surface area contributed by atoms with Gasteiger partial charge in [0.25, 0.3) is 0 Å². The molecular weight excluding hydrogens is 817 g/mol. The van der Waals surface area contributed by atoms with E-state index in [0.29, 0.717) is 73.4 Å². The molecule has 0 amide bonds. The third-order valence-corrected chi connectivity index (χ3v) is 11.3. The van der Waals surface area contributed by atoms with Gasteiger partial charge in [-0.15, -0.1) is 0 Å². The fraction of sp³-hybridized carbons (Fsp3) is 0.462. The monoisotopic (exact) mass is 880 g/mol. The summed E-state index contributed by atoms with van der Waals surface area (Å²) in [5.41, 5.74) is 5.23. The number of ether oxygens (including phenoxy) is 8. The first-order valence-electron chi connectivity index (χ1n) is 21.9. The third kappa shape index (κ3) is 11.0. The van der Waals surface area contributed by atoms with Gasteiger partial charge in [0.2, 0.25) is 11.5 Å². The number of benzene rings is 4. The van der Waals surface area contributed by atoms with Gasteiger partial charge in [-0.3, -0.25) is 19.2 Å². The van der Waals surface area contributed by atoms with Crippen molar-refractivity contribution >= 4 is 23.5 Å². The Labute approximate surface area is 377 Å². The summed E-state index contributed by atoms with van der Waals surface area (Å²) >= 11 is 0. The van der Waals surface area contributed by atoms with Gasteiger partial charge in [0.15, 0.2) is 34.6 Å². The second-order valence-electron chi connectivity index (χ2n) is 17.7. The van der Waals surface area contributed by atoms with Crippen molar-refractivity contribution in [3.8, 4) is 56.8 Å². The molecule has 0 saturated carbocycles. The number of methoxy groups -OCH3 is 4. The van der Waals surface area contributed by atoms with Crippen molar-refractivity contribution in [2.75, 3.05) is 54.9 Å². The van der Waals surface area contributed by atoms with Gasteiger partial charge >= 0.3 is 11.9 Å². The maximum atomic E-state index is 12.6. The molecular formula is C52H64O12. The van der Waals surface area contributed by atoms with Crippen LogP contribution in [0, 0.1) is 16.7 Å². The molecule has 0 atom stereocenters. The fourth-order valence-electron chi connectivity index (χ4n) is 7.56. The number of carbonyl (C=O) groups is 4. The van der Waals surface area contributed by atoms with Gasteiger partial charge < -0.3 is 37.9 Å². The lowest BCUT2D eigenvalue weighted by Gasteiger charge is -2.25. The Morgan fingerprint density at radius 2 is 0.969 bits per heavy atom. The second-order valence-corrected chi connectivity index (χ2v) is 17.7. The van der Waals surface area contributed by atoms with Gasteiger partial charge in [-0.1, -0.05) is 63.6 Å². The molecule has 0 aliphatic heterocycles. The van der Waals surface area contributed by atoms with E-state index in [1.807, 2.05) is 81.4 Å². The molecule has 0 aromatic heterocycles. The first-order valence-corrected chi connectivity index (χ1v) is 21.9. The summed E-state index contributed by atoms with van der Waals surface area (Å²) < 4.78 is 45.6. The summed E-state index contributed by atoms with van der Waals surface area (Å²) in [5.74, 6) is 2.83. The van der Waals surface area contributed by atoms with Crippen molar-refractivity contribution in [2.45, 2.75) is 87.0 Å². The van der Waals surface area contributed by atoms with E-state index in [2.05, 4.69) is 0 Å². The molecule has 12 nitrogen and oxygen atoms in total. The van der Waals surface area contributed by atoms with Crippen LogP contribution in [-0.4, -0.2) is 78.4 Å². The van der Waals surface area contributed by atoms with Crippen molar-refractivity contribution in [2.24, 2.45) is 16.7 Å². The molecule has 2 aliphatic carbocycles. The molecule has 4 aromatic carbocycles. The molecule has 12 heteroatoms. The Hall–Kier alpha value is -6.04. The van der Waals surface area contributed by atoms with Crippen LogP contribution in [0.1, 0.15) is 106 Å². The molecule has 0 saturated heterocycles. The van der Waals surface area contributed by atoms with E-state index in [0.717, 1.165) is 57.3 Å². The number of esters is 2. The lowest BCUT2D eigenvalue weighted by atomic mass is 9.94. The normalized spacial score (nSPS) is 13.1. The molecule has 0 N–H and O–H groups in total. The standard InChI is InChI=1S/2C26H32O6/c1-16(2)14-31-25(28)26(3,4)15-32-23-20(11-13-22(29-5)24(23)30-6)17-8-7-9-19-18(17)10-12-21(19)27;1-6-7-15-31-25(28)26(2,3)16-32-23-20(12-14-22(29-4)24(23)30-5)17-9-8-10-19-18(17)11-13-21(19)27/h7-9,11,13,16H,10,12,14-15H2,1-6H3;8-10,12,14H,6-7,11,13,15-16H2,1-5H3. The van der Waals surface area contributed by atoms with E-state index in [1.165, 1.54) is 0 Å². The van der Waals surface area contributed by atoms with Crippen LogP contribution in [0.15, 0.2) is 60.7 Å². The number of Topliss-reactive ketones (excluding diaryl/α,β-unsaturated/α-hetero) is 2. The molecule has 64 heavy (non-hydrogen) atoms.